The molecule has 1 aliphatic rings. The molecule has 1 aromatic carbocycles. The van der Waals surface area contributed by atoms with E-state index in [0.29, 0.717) is 36.6 Å². The number of nitrogens with zero attached hydrogens (tertiary/aromatic N) is 2. The van der Waals surface area contributed by atoms with Crippen LogP contribution in [0.3, 0.4) is 0 Å². The lowest BCUT2D eigenvalue weighted by molar-refractivity contribution is 0.0708. The van der Waals surface area contributed by atoms with Gasteiger partial charge in [-0.2, -0.15) is 0 Å². The molecule has 2 aromatic rings. The summed E-state index contributed by atoms with van der Waals surface area (Å²) in [6.07, 6.45) is 0.490. The van der Waals surface area contributed by atoms with Crippen molar-refractivity contribution in [3.63, 3.8) is 0 Å². The number of hydrogen-bond donors (Lipinski definition) is 0. The van der Waals surface area contributed by atoms with Crippen LogP contribution in [0.25, 0.3) is 0 Å². The van der Waals surface area contributed by atoms with Gasteiger partial charge in [-0.1, -0.05) is 11.2 Å². The second-order valence-electron chi connectivity index (χ2n) is 6.77. The summed E-state index contributed by atoms with van der Waals surface area (Å²) in [6, 6.07) is 6.68. The molecule has 8 heteroatoms. The number of benzene rings is 1. The van der Waals surface area contributed by atoms with E-state index in [2.05, 4.69) is 5.16 Å². The van der Waals surface area contributed by atoms with Gasteiger partial charge in [0.25, 0.3) is 5.91 Å². The Hall–Kier alpha value is -2.35. The Morgan fingerprint density at radius 2 is 2.15 bits per heavy atom. The van der Waals surface area contributed by atoms with E-state index in [1.807, 2.05) is 20.8 Å². The number of carbonyl (C=O) groups is 1. The number of aryl methyl sites for hydroxylation is 2. The summed E-state index contributed by atoms with van der Waals surface area (Å²) < 4.78 is 34.4. The molecule has 0 aliphatic carbocycles. The van der Waals surface area contributed by atoms with Crippen molar-refractivity contribution in [1.29, 1.82) is 0 Å². The molecule has 1 saturated heterocycles. The molecular weight excluding hydrogens is 368 g/mol. The van der Waals surface area contributed by atoms with Crippen molar-refractivity contribution in [3.8, 4) is 5.75 Å². The van der Waals surface area contributed by atoms with E-state index >= 15 is 0 Å². The second kappa shape index (κ2) is 7.72. The molecule has 0 bridgehead atoms. The number of carbonyl (C=O) groups excluding carboxylic acids is 1. The molecule has 0 radical (unpaired) electrons. The maximum Gasteiger partial charge on any atom is 0.254 e. The molecule has 27 heavy (non-hydrogen) atoms. The second-order valence-corrected chi connectivity index (χ2v) is 9.00. The molecule has 1 aromatic heterocycles. The third-order valence-corrected chi connectivity index (χ3v) is 6.65. The van der Waals surface area contributed by atoms with Crippen LogP contribution in [0.2, 0.25) is 0 Å². The third kappa shape index (κ3) is 4.32. The predicted octanol–water partition coefficient (Wildman–Crippen LogP) is 2.52. The van der Waals surface area contributed by atoms with Crippen LogP contribution in [0.5, 0.6) is 5.75 Å². The van der Waals surface area contributed by atoms with Gasteiger partial charge in [0.15, 0.2) is 9.84 Å². The van der Waals surface area contributed by atoms with Gasteiger partial charge in [-0.3, -0.25) is 4.79 Å². The average molecular weight is 392 g/mol. The molecule has 1 amide bonds. The predicted molar refractivity (Wildman–Crippen MR) is 101 cm³/mol. The summed E-state index contributed by atoms with van der Waals surface area (Å²) in [6.45, 7) is 6.30. The van der Waals surface area contributed by atoms with Crippen LogP contribution < -0.4 is 4.74 Å². The number of amides is 1. The van der Waals surface area contributed by atoms with Crippen molar-refractivity contribution in [2.75, 3.05) is 18.1 Å². The lowest BCUT2D eigenvalue weighted by Crippen LogP contribution is -2.40. The lowest BCUT2D eigenvalue weighted by atomic mass is 10.1. The van der Waals surface area contributed by atoms with E-state index in [-0.39, 0.29) is 23.5 Å². The van der Waals surface area contributed by atoms with E-state index in [1.165, 1.54) is 0 Å². The van der Waals surface area contributed by atoms with Crippen molar-refractivity contribution < 1.29 is 22.5 Å². The van der Waals surface area contributed by atoms with Gasteiger partial charge in [0.2, 0.25) is 0 Å². The van der Waals surface area contributed by atoms with Crippen molar-refractivity contribution >= 4 is 15.7 Å². The van der Waals surface area contributed by atoms with Crippen molar-refractivity contribution in [1.82, 2.24) is 10.1 Å². The van der Waals surface area contributed by atoms with Crippen LogP contribution in [-0.4, -0.2) is 48.5 Å². The Kier molecular flexibility index (Phi) is 5.55. The molecule has 2 heterocycles. The average Bonchev–Trinajstić information content (AvgIpc) is 3.15. The summed E-state index contributed by atoms with van der Waals surface area (Å²) in [4.78, 5) is 14.6. The van der Waals surface area contributed by atoms with Crippen LogP contribution >= 0.6 is 0 Å². The van der Waals surface area contributed by atoms with Crippen molar-refractivity contribution in [3.05, 3.63) is 46.8 Å². The first-order valence-corrected chi connectivity index (χ1v) is 10.8. The topological polar surface area (TPSA) is 89.7 Å². The van der Waals surface area contributed by atoms with Crippen LogP contribution in [0.1, 0.15) is 40.7 Å². The van der Waals surface area contributed by atoms with Crippen LogP contribution in [0, 0.1) is 13.8 Å². The van der Waals surface area contributed by atoms with Crippen LogP contribution in [0.4, 0.5) is 0 Å². The van der Waals surface area contributed by atoms with Gasteiger partial charge in [0.1, 0.15) is 18.1 Å². The zero-order valence-corrected chi connectivity index (χ0v) is 16.6. The van der Waals surface area contributed by atoms with E-state index in [4.69, 9.17) is 9.26 Å². The first kappa shape index (κ1) is 19.4. The number of ether oxygens (including phenoxy) is 1. The number of hydrogen-bond acceptors (Lipinski definition) is 6. The van der Waals surface area contributed by atoms with Gasteiger partial charge >= 0.3 is 0 Å². The van der Waals surface area contributed by atoms with Crippen LogP contribution in [-0.2, 0) is 16.4 Å². The number of aromatic nitrogens is 1. The van der Waals surface area contributed by atoms with Crippen LogP contribution in [0.15, 0.2) is 28.8 Å². The molecule has 1 fully saturated rings. The van der Waals surface area contributed by atoms with E-state index in [9.17, 15) is 13.2 Å². The molecule has 1 aliphatic heterocycles. The maximum atomic E-state index is 12.9. The normalized spacial score (nSPS) is 18.4. The molecule has 1 unspecified atom stereocenters. The molecule has 0 spiro atoms. The van der Waals surface area contributed by atoms with Gasteiger partial charge in [-0.05, 0) is 45.4 Å². The Balaban J connectivity index is 1.73. The smallest absolute Gasteiger partial charge is 0.254 e. The summed E-state index contributed by atoms with van der Waals surface area (Å²) in [5.74, 6) is 1.27. The highest BCUT2D eigenvalue weighted by atomic mass is 32.2. The van der Waals surface area contributed by atoms with E-state index < -0.39 is 9.84 Å². The van der Waals surface area contributed by atoms with Gasteiger partial charge < -0.3 is 14.2 Å². The molecule has 0 N–H and O–H groups in total. The minimum absolute atomic E-state index is 0.0365. The largest absolute Gasteiger partial charge is 0.489 e. The third-order valence-electron chi connectivity index (χ3n) is 4.90. The first-order chi connectivity index (χ1) is 12.8. The van der Waals surface area contributed by atoms with Gasteiger partial charge in [0.05, 0.1) is 22.8 Å². The fourth-order valence-electron chi connectivity index (χ4n) is 3.34. The molecular formula is C19H24N2O5S. The Morgan fingerprint density at radius 3 is 2.74 bits per heavy atom. The highest BCUT2D eigenvalue weighted by Gasteiger charge is 2.34. The summed E-state index contributed by atoms with van der Waals surface area (Å²) in [5.41, 5.74) is 2.15. The fourth-order valence-corrected chi connectivity index (χ4v) is 5.07. The van der Waals surface area contributed by atoms with Gasteiger partial charge in [0, 0.05) is 18.2 Å². The summed E-state index contributed by atoms with van der Waals surface area (Å²) in [5, 5.41) is 3.90. The molecule has 7 nitrogen and oxygen atoms in total. The minimum atomic E-state index is -3.05. The minimum Gasteiger partial charge on any atom is -0.489 e. The summed E-state index contributed by atoms with van der Waals surface area (Å²) >= 11 is 0. The Morgan fingerprint density at radius 1 is 1.37 bits per heavy atom. The fraction of sp³-hybridized carbons (Fsp3) is 0.474. The quantitative estimate of drug-likeness (QED) is 0.750. The Bertz CT molecular complexity index is 916. The molecule has 146 valence electrons. The van der Waals surface area contributed by atoms with Crippen molar-refractivity contribution in [2.24, 2.45) is 0 Å². The van der Waals surface area contributed by atoms with Crippen molar-refractivity contribution in [2.45, 2.75) is 39.8 Å². The van der Waals surface area contributed by atoms with Gasteiger partial charge in [-0.15, -0.1) is 0 Å². The molecule has 0 saturated carbocycles. The summed E-state index contributed by atoms with van der Waals surface area (Å²) in [7, 11) is -3.05. The Labute approximate surface area is 159 Å². The molecule has 3 rings (SSSR count). The van der Waals surface area contributed by atoms with Gasteiger partial charge in [-0.25, -0.2) is 8.42 Å². The highest BCUT2D eigenvalue weighted by molar-refractivity contribution is 7.91. The SMILES string of the molecule is CCN(C(=O)c1cccc(OCc2c(C)noc2C)c1)C1CCS(=O)(=O)C1. The standard InChI is InChI=1S/C19H24N2O5S/c1-4-21(16-8-9-27(23,24)12-16)19(22)15-6-5-7-17(10-15)25-11-18-13(2)20-26-14(18)3/h5-7,10,16H,4,8-9,11-12H2,1-3H3. The maximum absolute atomic E-state index is 12.9. The zero-order valence-electron chi connectivity index (χ0n) is 15.8. The number of rotatable bonds is 6. The first-order valence-electron chi connectivity index (χ1n) is 8.96. The van der Waals surface area contributed by atoms with E-state index in [1.54, 1.807) is 29.2 Å². The zero-order chi connectivity index (χ0) is 19.6. The monoisotopic (exact) mass is 392 g/mol. The molecule has 1 atom stereocenters. The van der Waals surface area contributed by atoms with E-state index in [0.717, 1.165) is 11.3 Å². The highest BCUT2D eigenvalue weighted by Crippen LogP contribution is 2.23. The lowest BCUT2D eigenvalue weighted by Gasteiger charge is -2.27. The number of sulfone groups is 1.